The number of hydrogen-bond acceptors (Lipinski definition) is 5. The fourth-order valence-corrected chi connectivity index (χ4v) is 5.33. The van der Waals surface area contributed by atoms with Crippen molar-refractivity contribution >= 4 is 35.2 Å². The molecule has 2 aliphatic heterocycles. The molecule has 8 nitrogen and oxygen atoms in total. The number of rotatable bonds is 7. The molecule has 0 aromatic heterocycles. The highest BCUT2D eigenvalue weighted by molar-refractivity contribution is 5.99. The number of nitrogens with one attached hydrogen (secondary N) is 1. The van der Waals surface area contributed by atoms with Gasteiger partial charge >= 0.3 is 0 Å². The lowest BCUT2D eigenvalue weighted by molar-refractivity contribution is -0.138. The fraction of sp³-hybridized carbons (Fsp3) is 0.258. The van der Waals surface area contributed by atoms with Gasteiger partial charge < -0.3 is 24.8 Å². The van der Waals surface area contributed by atoms with Gasteiger partial charge in [0.25, 0.3) is 5.91 Å². The zero-order chi connectivity index (χ0) is 27.2. The second-order valence-corrected chi connectivity index (χ2v) is 9.79. The van der Waals surface area contributed by atoms with Crippen LogP contribution < -0.4 is 15.0 Å². The van der Waals surface area contributed by atoms with Crippen molar-refractivity contribution in [3.8, 4) is 5.75 Å². The summed E-state index contributed by atoms with van der Waals surface area (Å²) in [6, 6.07) is 26.6. The van der Waals surface area contributed by atoms with Crippen LogP contribution in [-0.4, -0.2) is 66.5 Å². The summed E-state index contributed by atoms with van der Waals surface area (Å²) >= 11 is 0. The third-order valence-electron chi connectivity index (χ3n) is 7.39. The van der Waals surface area contributed by atoms with Crippen LogP contribution in [0.25, 0.3) is 6.08 Å². The largest absolute Gasteiger partial charge is 0.497 e. The molecule has 39 heavy (non-hydrogen) atoms. The van der Waals surface area contributed by atoms with Crippen LogP contribution in [0.1, 0.15) is 18.4 Å². The topological polar surface area (TPSA) is 82.2 Å². The van der Waals surface area contributed by atoms with Crippen LogP contribution in [0.3, 0.4) is 0 Å². The zero-order valence-electron chi connectivity index (χ0n) is 22.0. The van der Waals surface area contributed by atoms with Crippen molar-refractivity contribution in [2.24, 2.45) is 0 Å². The van der Waals surface area contributed by atoms with Crippen LogP contribution in [-0.2, 0) is 14.4 Å². The Labute approximate surface area is 228 Å². The number of anilines is 2. The number of ether oxygens (including phenoxy) is 1. The van der Waals surface area contributed by atoms with Gasteiger partial charge in [-0.25, -0.2) is 0 Å². The minimum Gasteiger partial charge on any atom is -0.497 e. The molecule has 2 saturated heterocycles. The highest BCUT2D eigenvalue weighted by atomic mass is 16.5. The first-order valence-electron chi connectivity index (χ1n) is 13.1. The van der Waals surface area contributed by atoms with E-state index in [1.165, 1.54) is 0 Å². The van der Waals surface area contributed by atoms with Crippen molar-refractivity contribution in [2.45, 2.75) is 18.4 Å². The van der Waals surface area contributed by atoms with Crippen molar-refractivity contribution in [1.29, 1.82) is 0 Å². The molecule has 2 fully saturated rings. The molecule has 3 amide bonds. The van der Waals surface area contributed by atoms with Crippen molar-refractivity contribution in [3.05, 3.63) is 96.6 Å². The average Bonchev–Trinajstić information content (AvgIpc) is 3.23. The number of benzene rings is 3. The van der Waals surface area contributed by atoms with Gasteiger partial charge in [-0.05, 0) is 48.7 Å². The van der Waals surface area contributed by atoms with Gasteiger partial charge in [-0.15, -0.1) is 0 Å². The Bertz CT molecular complexity index is 1350. The quantitative estimate of drug-likeness (QED) is 0.473. The summed E-state index contributed by atoms with van der Waals surface area (Å²) in [7, 11) is 1.57. The minimum absolute atomic E-state index is 0.0659. The van der Waals surface area contributed by atoms with Crippen LogP contribution in [0.4, 0.5) is 11.4 Å². The Hall–Kier alpha value is -4.59. The summed E-state index contributed by atoms with van der Waals surface area (Å²) < 4.78 is 5.23. The summed E-state index contributed by atoms with van der Waals surface area (Å²) in [5, 5.41) is 2.87. The first-order chi connectivity index (χ1) is 19.0. The van der Waals surface area contributed by atoms with Gasteiger partial charge in [0.2, 0.25) is 11.8 Å². The molecule has 0 aliphatic carbocycles. The van der Waals surface area contributed by atoms with E-state index in [4.69, 9.17) is 4.74 Å². The lowest BCUT2D eigenvalue weighted by Gasteiger charge is -2.43. The molecule has 3 aromatic carbocycles. The number of hydrogen-bond donors (Lipinski definition) is 1. The van der Waals surface area contributed by atoms with E-state index in [0.29, 0.717) is 44.0 Å². The van der Waals surface area contributed by atoms with Crippen molar-refractivity contribution in [2.75, 3.05) is 43.6 Å². The monoisotopic (exact) mass is 524 g/mol. The van der Waals surface area contributed by atoms with Gasteiger partial charge in [-0.3, -0.25) is 14.4 Å². The molecular weight excluding hydrogens is 492 g/mol. The van der Waals surface area contributed by atoms with Crippen LogP contribution in [0, 0.1) is 0 Å². The standard InChI is InChI=1S/C31H32N4O4/c1-39-27-14-8-11-25(21-27)32-28(36)22-34-23-35(26-12-6-3-7-13-26)31(30(34)38)17-19-33(20-18-31)29(37)16-15-24-9-4-2-5-10-24/h2-16,21H,17-20,22-23H2,1H3,(H,32,36). The number of likely N-dealkylation sites (tertiary alicyclic amines) is 1. The zero-order valence-corrected chi connectivity index (χ0v) is 22.0. The van der Waals surface area contributed by atoms with E-state index >= 15 is 0 Å². The number of para-hydroxylation sites is 1. The van der Waals surface area contributed by atoms with E-state index in [9.17, 15) is 14.4 Å². The van der Waals surface area contributed by atoms with E-state index in [1.807, 2.05) is 66.7 Å². The molecule has 1 spiro atoms. The summed E-state index contributed by atoms with van der Waals surface area (Å²) in [5.74, 6) is 0.207. The molecule has 0 radical (unpaired) electrons. The SMILES string of the molecule is COc1cccc(NC(=O)CN2CN(c3ccccc3)C3(CCN(C(=O)C=Cc4ccccc4)CC3)C2=O)c1. The predicted octanol–water partition coefficient (Wildman–Crippen LogP) is 4.01. The van der Waals surface area contributed by atoms with Crippen molar-refractivity contribution in [1.82, 2.24) is 9.80 Å². The molecular formula is C31H32N4O4. The average molecular weight is 525 g/mol. The third kappa shape index (κ3) is 5.65. The van der Waals surface area contributed by atoms with Crippen molar-refractivity contribution < 1.29 is 19.1 Å². The molecule has 0 bridgehead atoms. The first-order valence-corrected chi connectivity index (χ1v) is 13.1. The second kappa shape index (κ2) is 11.4. The third-order valence-corrected chi connectivity index (χ3v) is 7.39. The number of amides is 3. The molecule has 0 atom stereocenters. The Balaban J connectivity index is 1.30. The van der Waals surface area contributed by atoms with Crippen LogP contribution in [0.15, 0.2) is 91.0 Å². The summed E-state index contributed by atoms with van der Waals surface area (Å²) in [6.07, 6.45) is 4.37. The van der Waals surface area contributed by atoms with Crippen LogP contribution >= 0.6 is 0 Å². The van der Waals surface area contributed by atoms with Gasteiger partial charge in [0, 0.05) is 36.6 Å². The lowest BCUT2D eigenvalue weighted by atomic mass is 9.85. The number of piperidine rings is 1. The van der Waals surface area contributed by atoms with E-state index < -0.39 is 5.54 Å². The second-order valence-electron chi connectivity index (χ2n) is 9.79. The lowest BCUT2D eigenvalue weighted by Crippen LogP contribution is -2.57. The molecule has 3 aromatic rings. The van der Waals surface area contributed by atoms with E-state index in [2.05, 4.69) is 10.2 Å². The highest BCUT2D eigenvalue weighted by Crippen LogP contribution is 2.39. The highest BCUT2D eigenvalue weighted by Gasteiger charge is 2.54. The van der Waals surface area contributed by atoms with Gasteiger partial charge in [0.1, 0.15) is 17.8 Å². The Morgan fingerprint density at radius 1 is 0.949 bits per heavy atom. The minimum atomic E-state index is -0.808. The molecule has 8 heteroatoms. The Morgan fingerprint density at radius 2 is 1.64 bits per heavy atom. The van der Waals surface area contributed by atoms with E-state index in [0.717, 1.165) is 11.3 Å². The summed E-state index contributed by atoms with van der Waals surface area (Å²) in [5.41, 5.74) is 1.68. The first kappa shape index (κ1) is 26.0. The fourth-order valence-electron chi connectivity index (χ4n) is 5.33. The maximum absolute atomic E-state index is 13.9. The predicted molar refractivity (Wildman–Crippen MR) is 151 cm³/mol. The van der Waals surface area contributed by atoms with Gasteiger partial charge in [0.05, 0.1) is 13.8 Å². The number of carbonyl (C=O) groups is 3. The molecule has 200 valence electrons. The van der Waals surface area contributed by atoms with Crippen LogP contribution in [0.2, 0.25) is 0 Å². The molecule has 1 N–H and O–H groups in total. The Kier molecular flexibility index (Phi) is 7.63. The van der Waals surface area contributed by atoms with Crippen molar-refractivity contribution in [3.63, 3.8) is 0 Å². The molecule has 0 saturated carbocycles. The molecule has 0 unspecified atom stereocenters. The molecule has 2 aliphatic rings. The van der Waals surface area contributed by atoms with E-state index in [1.54, 1.807) is 47.3 Å². The Morgan fingerprint density at radius 3 is 2.33 bits per heavy atom. The molecule has 2 heterocycles. The van der Waals surface area contributed by atoms with Gasteiger partial charge in [0.15, 0.2) is 0 Å². The summed E-state index contributed by atoms with van der Waals surface area (Å²) in [6.45, 7) is 1.15. The number of nitrogens with zero attached hydrogens (tertiary/aromatic N) is 3. The number of carbonyl (C=O) groups excluding carboxylic acids is 3. The van der Waals surface area contributed by atoms with Gasteiger partial charge in [-0.2, -0.15) is 0 Å². The van der Waals surface area contributed by atoms with Gasteiger partial charge in [-0.1, -0.05) is 54.6 Å². The summed E-state index contributed by atoms with van der Waals surface area (Å²) in [4.78, 5) is 45.2. The smallest absolute Gasteiger partial charge is 0.250 e. The molecule has 5 rings (SSSR count). The van der Waals surface area contributed by atoms with E-state index in [-0.39, 0.29) is 24.3 Å². The maximum atomic E-state index is 13.9. The number of methoxy groups -OCH3 is 1. The maximum Gasteiger partial charge on any atom is 0.250 e. The normalized spacial score (nSPS) is 16.6. The van der Waals surface area contributed by atoms with Crippen LogP contribution in [0.5, 0.6) is 5.75 Å².